The van der Waals surface area contributed by atoms with Crippen molar-refractivity contribution in [2.75, 3.05) is 10.6 Å². The van der Waals surface area contributed by atoms with Gasteiger partial charge in [-0.2, -0.15) is 0 Å². The van der Waals surface area contributed by atoms with Crippen LogP contribution < -0.4 is 9.62 Å². The third kappa shape index (κ3) is 5.37. The van der Waals surface area contributed by atoms with Gasteiger partial charge in [-0.15, -0.1) is 0 Å². The maximum absolute atomic E-state index is 12.7. The predicted octanol–water partition coefficient (Wildman–Crippen LogP) is 5.07. The largest absolute Gasteiger partial charge is 0.346 e. The molecule has 1 N–H and O–H groups in total. The molecule has 0 unspecified atom stereocenters. The Balaban J connectivity index is 1.78. The van der Waals surface area contributed by atoms with Gasteiger partial charge in [-0.05, 0) is 67.6 Å². The second-order valence-electron chi connectivity index (χ2n) is 8.26. The summed E-state index contributed by atoms with van der Waals surface area (Å²) >= 11 is 0. The lowest BCUT2D eigenvalue weighted by Crippen LogP contribution is -2.30. The second kappa shape index (κ2) is 9.57. The molecule has 0 aliphatic carbocycles. The maximum Gasteiger partial charge on any atom is 0.251 e. The van der Waals surface area contributed by atoms with Crippen LogP contribution in [-0.2, 0) is 16.6 Å². The van der Waals surface area contributed by atoms with Crippen LogP contribution in [0.2, 0.25) is 0 Å². The van der Waals surface area contributed by atoms with E-state index in [-0.39, 0.29) is 18.5 Å². The van der Waals surface area contributed by atoms with Crippen molar-refractivity contribution in [2.45, 2.75) is 40.3 Å². The van der Waals surface area contributed by atoms with Crippen LogP contribution >= 0.6 is 0 Å². The van der Waals surface area contributed by atoms with E-state index in [4.69, 9.17) is 0 Å². The van der Waals surface area contributed by atoms with E-state index in [1.54, 1.807) is 24.3 Å². The van der Waals surface area contributed by atoms with E-state index in [0.29, 0.717) is 11.3 Å². The van der Waals surface area contributed by atoms with Crippen molar-refractivity contribution in [1.29, 1.82) is 0 Å². The fourth-order valence-electron chi connectivity index (χ4n) is 3.92. The van der Waals surface area contributed by atoms with Gasteiger partial charge in [-0.1, -0.05) is 54.6 Å². The molecule has 0 aromatic heterocycles. The summed E-state index contributed by atoms with van der Waals surface area (Å²) in [6.45, 7) is 8.00. The highest BCUT2D eigenvalue weighted by Gasteiger charge is 2.21. The zero-order chi connectivity index (χ0) is 23.5. The Morgan fingerprint density at radius 1 is 0.875 bits per heavy atom. The number of carbonyl (C=O) groups excluding carboxylic acids is 1. The van der Waals surface area contributed by atoms with Crippen LogP contribution in [0.3, 0.4) is 0 Å². The van der Waals surface area contributed by atoms with Crippen molar-refractivity contribution in [1.82, 2.24) is 5.32 Å². The highest BCUT2D eigenvalue weighted by Crippen LogP contribution is 2.28. The lowest BCUT2D eigenvalue weighted by molar-refractivity contribution is 0.0940. The zero-order valence-electron chi connectivity index (χ0n) is 19.2. The van der Waals surface area contributed by atoms with Crippen LogP contribution in [0.15, 0.2) is 66.7 Å². The average Bonchev–Trinajstić information content (AvgIpc) is 2.73. The van der Waals surface area contributed by atoms with Gasteiger partial charge in [0, 0.05) is 5.56 Å². The van der Waals surface area contributed by atoms with Gasteiger partial charge in [0.05, 0.1) is 24.5 Å². The number of carbonyl (C=O) groups is 1. The summed E-state index contributed by atoms with van der Waals surface area (Å²) in [4.78, 5) is 12.7. The summed E-state index contributed by atoms with van der Waals surface area (Å²) in [6, 6.07) is 20.7. The fourth-order valence-corrected chi connectivity index (χ4v) is 4.92. The van der Waals surface area contributed by atoms with Crippen molar-refractivity contribution >= 4 is 21.6 Å². The number of rotatable bonds is 7. The first-order valence-corrected chi connectivity index (χ1v) is 12.4. The van der Waals surface area contributed by atoms with Gasteiger partial charge in [-0.25, -0.2) is 8.42 Å². The quantitative estimate of drug-likeness (QED) is 0.547. The van der Waals surface area contributed by atoms with E-state index < -0.39 is 10.0 Å². The van der Waals surface area contributed by atoms with Crippen molar-refractivity contribution in [3.63, 3.8) is 0 Å². The minimum atomic E-state index is -3.48. The normalized spacial score (nSPS) is 12.3. The molecule has 0 aliphatic heterocycles. The molecule has 1 atom stereocenters. The van der Waals surface area contributed by atoms with Crippen molar-refractivity contribution in [3.05, 3.63) is 100 Å². The number of amides is 1. The van der Waals surface area contributed by atoms with Gasteiger partial charge in [0.1, 0.15) is 0 Å². The topological polar surface area (TPSA) is 66.5 Å². The molecule has 0 heterocycles. The zero-order valence-corrected chi connectivity index (χ0v) is 20.0. The van der Waals surface area contributed by atoms with Gasteiger partial charge in [-0.3, -0.25) is 9.10 Å². The highest BCUT2D eigenvalue weighted by atomic mass is 32.2. The number of para-hydroxylation sites is 1. The Morgan fingerprint density at radius 3 is 2.00 bits per heavy atom. The Hall–Kier alpha value is -3.12. The van der Waals surface area contributed by atoms with Gasteiger partial charge in [0.15, 0.2) is 0 Å². The van der Waals surface area contributed by atoms with Crippen LogP contribution in [0.25, 0.3) is 0 Å². The monoisotopic (exact) mass is 450 g/mol. The molecule has 5 nitrogen and oxygen atoms in total. The molecular weight excluding hydrogens is 420 g/mol. The minimum Gasteiger partial charge on any atom is -0.346 e. The number of aryl methyl sites for hydroxylation is 3. The van der Waals surface area contributed by atoms with Gasteiger partial charge >= 0.3 is 0 Å². The summed E-state index contributed by atoms with van der Waals surface area (Å²) in [5.74, 6) is -0.165. The Kier molecular flexibility index (Phi) is 7.04. The van der Waals surface area contributed by atoms with E-state index in [1.807, 2.05) is 70.2 Å². The molecule has 0 aliphatic rings. The van der Waals surface area contributed by atoms with Gasteiger partial charge in [0.2, 0.25) is 10.0 Å². The molecule has 32 heavy (non-hydrogen) atoms. The first kappa shape index (κ1) is 23.5. The Morgan fingerprint density at radius 2 is 1.44 bits per heavy atom. The van der Waals surface area contributed by atoms with E-state index in [1.165, 1.54) is 10.6 Å². The van der Waals surface area contributed by atoms with E-state index in [9.17, 15) is 13.2 Å². The lowest BCUT2D eigenvalue weighted by atomic mass is 10.0. The number of hydrogen-bond acceptors (Lipinski definition) is 3. The molecule has 0 bridgehead atoms. The average molecular weight is 451 g/mol. The SMILES string of the molecule is Cc1ccccc1[C@H](C)NC(=O)c1ccc(CN(c2c(C)cccc2C)S(C)(=O)=O)cc1. The van der Waals surface area contributed by atoms with Crippen LogP contribution in [0.1, 0.15) is 51.1 Å². The number of benzene rings is 3. The smallest absolute Gasteiger partial charge is 0.251 e. The number of nitrogens with one attached hydrogen (secondary N) is 1. The molecule has 3 aromatic carbocycles. The standard InChI is InChI=1S/C26H30N2O3S/c1-18-9-6-7-12-24(18)21(4)27-26(29)23-15-13-22(14-16-23)17-28(32(5,30)31)25-19(2)10-8-11-20(25)3/h6-16,21H,17H2,1-5H3,(H,27,29)/t21-/m0/s1. The first-order valence-electron chi connectivity index (χ1n) is 10.6. The molecule has 0 fully saturated rings. The van der Waals surface area contributed by atoms with E-state index in [2.05, 4.69) is 5.32 Å². The number of nitrogens with zero attached hydrogens (tertiary/aromatic N) is 1. The predicted molar refractivity (Wildman–Crippen MR) is 130 cm³/mol. The number of hydrogen-bond donors (Lipinski definition) is 1. The van der Waals surface area contributed by atoms with Gasteiger partial charge in [0.25, 0.3) is 5.91 Å². The molecule has 168 valence electrons. The fraction of sp³-hybridized carbons (Fsp3) is 0.269. The maximum atomic E-state index is 12.7. The summed E-state index contributed by atoms with van der Waals surface area (Å²) in [6.07, 6.45) is 1.22. The third-order valence-corrected chi connectivity index (χ3v) is 6.75. The summed E-state index contributed by atoms with van der Waals surface area (Å²) in [5.41, 5.74) is 6.05. The third-order valence-electron chi connectivity index (χ3n) is 5.63. The lowest BCUT2D eigenvalue weighted by Gasteiger charge is -2.26. The molecule has 3 aromatic rings. The molecule has 1 amide bonds. The molecule has 3 rings (SSSR count). The summed E-state index contributed by atoms with van der Waals surface area (Å²) in [7, 11) is -3.48. The van der Waals surface area contributed by atoms with E-state index in [0.717, 1.165) is 27.8 Å². The van der Waals surface area contributed by atoms with Crippen molar-refractivity contribution in [2.24, 2.45) is 0 Å². The van der Waals surface area contributed by atoms with E-state index >= 15 is 0 Å². The molecule has 0 spiro atoms. The highest BCUT2D eigenvalue weighted by molar-refractivity contribution is 7.92. The molecule has 0 saturated carbocycles. The van der Waals surface area contributed by atoms with Crippen LogP contribution in [0, 0.1) is 20.8 Å². The van der Waals surface area contributed by atoms with Crippen molar-refractivity contribution in [3.8, 4) is 0 Å². The molecular formula is C26H30N2O3S. The summed E-state index contributed by atoms with van der Waals surface area (Å²) in [5, 5.41) is 3.03. The Bertz CT molecular complexity index is 1200. The Labute approximate surface area is 191 Å². The minimum absolute atomic E-state index is 0.117. The number of sulfonamides is 1. The van der Waals surface area contributed by atoms with Crippen LogP contribution in [0.4, 0.5) is 5.69 Å². The van der Waals surface area contributed by atoms with Gasteiger partial charge < -0.3 is 5.32 Å². The van der Waals surface area contributed by atoms with Crippen LogP contribution in [0.5, 0.6) is 0 Å². The van der Waals surface area contributed by atoms with Crippen LogP contribution in [-0.4, -0.2) is 20.6 Å². The molecule has 0 radical (unpaired) electrons. The number of anilines is 1. The summed E-state index contributed by atoms with van der Waals surface area (Å²) < 4.78 is 26.5. The molecule has 0 saturated heterocycles. The second-order valence-corrected chi connectivity index (χ2v) is 10.2. The van der Waals surface area contributed by atoms with Crippen molar-refractivity contribution < 1.29 is 13.2 Å². The first-order chi connectivity index (χ1) is 15.1. The molecule has 6 heteroatoms.